The molecule has 1 aliphatic rings. The molecule has 0 fully saturated rings. The van der Waals surface area contributed by atoms with E-state index in [4.69, 9.17) is 0 Å². The zero-order valence-corrected chi connectivity index (χ0v) is 12.1. The lowest BCUT2D eigenvalue weighted by atomic mass is 9.88. The minimum Gasteiger partial charge on any atom is -0.303 e. The minimum absolute atomic E-state index is 0.902. The number of hydrogen-bond donors (Lipinski definition) is 0. The van der Waals surface area contributed by atoms with Gasteiger partial charge in [-0.1, -0.05) is 13.8 Å². The number of aryl methyl sites for hydroxylation is 1. The molecule has 2 rings (SSSR count). The second-order valence-electron chi connectivity index (χ2n) is 5.28. The van der Waals surface area contributed by atoms with Crippen molar-refractivity contribution in [2.24, 2.45) is 5.92 Å². The summed E-state index contributed by atoms with van der Waals surface area (Å²) in [5.74, 6) is 0.902. The SMILES string of the molecule is CCCN(CCC)C[C@H]1CCc2ccsc2C1. The number of hydrogen-bond acceptors (Lipinski definition) is 2. The van der Waals surface area contributed by atoms with Crippen molar-refractivity contribution < 1.29 is 0 Å². The molecule has 0 amide bonds. The van der Waals surface area contributed by atoms with Crippen molar-refractivity contribution in [3.05, 3.63) is 21.9 Å². The summed E-state index contributed by atoms with van der Waals surface area (Å²) in [4.78, 5) is 4.33. The highest BCUT2D eigenvalue weighted by Gasteiger charge is 2.21. The minimum atomic E-state index is 0.902. The van der Waals surface area contributed by atoms with Crippen molar-refractivity contribution >= 4 is 11.3 Å². The van der Waals surface area contributed by atoms with E-state index >= 15 is 0 Å². The predicted molar refractivity (Wildman–Crippen MR) is 76.9 cm³/mol. The molecule has 0 saturated heterocycles. The fourth-order valence-electron chi connectivity index (χ4n) is 2.94. The average Bonchev–Trinajstić information content (AvgIpc) is 2.77. The van der Waals surface area contributed by atoms with E-state index in [1.807, 2.05) is 11.3 Å². The van der Waals surface area contributed by atoms with Gasteiger partial charge in [-0.15, -0.1) is 11.3 Å². The molecule has 17 heavy (non-hydrogen) atoms. The molecule has 1 nitrogen and oxygen atoms in total. The van der Waals surface area contributed by atoms with Crippen LogP contribution in [0.5, 0.6) is 0 Å². The summed E-state index contributed by atoms with van der Waals surface area (Å²) in [6, 6.07) is 2.33. The summed E-state index contributed by atoms with van der Waals surface area (Å²) < 4.78 is 0. The number of rotatable bonds is 6. The van der Waals surface area contributed by atoms with Crippen LogP contribution in [0.25, 0.3) is 0 Å². The van der Waals surface area contributed by atoms with E-state index in [2.05, 4.69) is 30.2 Å². The van der Waals surface area contributed by atoms with Gasteiger partial charge in [0, 0.05) is 11.4 Å². The Morgan fingerprint density at radius 2 is 2.06 bits per heavy atom. The van der Waals surface area contributed by atoms with Gasteiger partial charge in [0.25, 0.3) is 0 Å². The van der Waals surface area contributed by atoms with Gasteiger partial charge in [-0.25, -0.2) is 0 Å². The van der Waals surface area contributed by atoms with Crippen molar-refractivity contribution in [3.8, 4) is 0 Å². The van der Waals surface area contributed by atoms with Gasteiger partial charge in [0.1, 0.15) is 0 Å². The van der Waals surface area contributed by atoms with E-state index in [1.54, 1.807) is 10.4 Å². The molecule has 0 bridgehead atoms. The molecule has 1 aliphatic carbocycles. The second-order valence-corrected chi connectivity index (χ2v) is 6.28. The largest absolute Gasteiger partial charge is 0.303 e. The summed E-state index contributed by atoms with van der Waals surface area (Å²) in [7, 11) is 0. The summed E-state index contributed by atoms with van der Waals surface area (Å²) in [5.41, 5.74) is 1.63. The van der Waals surface area contributed by atoms with Crippen LogP contribution < -0.4 is 0 Å². The van der Waals surface area contributed by atoms with E-state index < -0.39 is 0 Å². The van der Waals surface area contributed by atoms with Crippen LogP contribution in [-0.2, 0) is 12.8 Å². The third kappa shape index (κ3) is 3.56. The first-order chi connectivity index (χ1) is 8.33. The molecule has 0 aliphatic heterocycles. The van der Waals surface area contributed by atoms with Crippen molar-refractivity contribution in [1.29, 1.82) is 0 Å². The van der Waals surface area contributed by atoms with Gasteiger partial charge in [-0.05, 0) is 68.1 Å². The first kappa shape index (κ1) is 13.1. The highest BCUT2D eigenvalue weighted by atomic mass is 32.1. The highest BCUT2D eigenvalue weighted by molar-refractivity contribution is 7.10. The first-order valence-electron chi connectivity index (χ1n) is 7.11. The van der Waals surface area contributed by atoms with Crippen LogP contribution in [0.4, 0.5) is 0 Å². The molecular formula is C15H25NS. The van der Waals surface area contributed by atoms with Crippen LogP contribution in [0.15, 0.2) is 11.4 Å². The Labute approximate surface area is 110 Å². The molecule has 1 atom stereocenters. The third-order valence-corrected chi connectivity index (χ3v) is 4.72. The monoisotopic (exact) mass is 251 g/mol. The molecule has 2 heteroatoms. The number of fused-ring (bicyclic) bond motifs is 1. The molecule has 96 valence electrons. The van der Waals surface area contributed by atoms with Crippen LogP contribution in [0.1, 0.15) is 43.6 Å². The third-order valence-electron chi connectivity index (χ3n) is 3.73. The Hall–Kier alpha value is -0.340. The van der Waals surface area contributed by atoms with Gasteiger partial charge in [-0.2, -0.15) is 0 Å². The van der Waals surface area contributed by atoms with Crippen LogP contribution in [0.3, 0.4) is 0 Å². The van der Waals surface area contributed by atoms with Gasteiger partial charge in [0.05, 0.1) is 0 Å². The van der Waals surface area contributed by atoms with Crippen molar-refractivity contribution in [3.63, 3.8) is 0 Å². The molecular weight excluding hydrogens is 226 g/mol. The lowest BCUT2D eigenvalue weighted by Gasteiger charge is -2.29. The van der Waals surface area contributed by atoms with E-state index in [0.717, 1.165) is 5.92 Å². The Balaban J connectivity index is 1.87. The van der Waals surface area contributed by atoms with Gasteiger partial charge >= 0.3 is 0 Å². The van der Waals surface area contributed by atoms with Crippen LogP contribution >= 0.6 is 11.3 Å². The number of thiophene rings is 1. The maximum atomic E-state index is 2.67. The zero-order valence-electron chi connectivity index (χ0n) is 11.2. The summed E-state index contributed by atoms with van der Waals surface area (Å²) >= 11 is 1.96. The highest BCUT2D eigenvalue weighted by Crippen LogP contribution is 2.30. The van der Waals surface area contributed by atoms with Gasteiger partial charge in [-0.3, -0.25) is 0 Å². The van der Waals surface area contributed by atoms with Crippen molar-refractivity contribution in [2.45, 2.75) is 46.0 Å². The summed E-state index contributed by atoms with van der Waals surface area (Å²) in [6.45, 7) is 8.46. The van der Waals surface area contributed by atoms with Crippen LogP contribution in [0, 0.1) is 5.92 Å². The van der Waals surface area contributed by atoms with E-state index in [9.17, 15) is 0 Å². The second kappa shape index (κ2) is 6.55. The molecule has 0 N–H and O–H groups in total. The quantitative estimate of drug-likeness (QED) is 0.739. The maximum absolute atomic E-state index is 2.67. The molecule has 0 saturated carbocycles. The predicted octanol–water partition coefficient (Wildman–Crippen LogP) is 3.98. The summed E-state index contributed by atoms with van der Waals surface area (Å²) in [6.07, 6.45) is 6.62. The van der Waals surface area contributed by atoms with Crippen LogP contribution in [-0.4, -0.2) is 24.5 Å². The van der Waals surface area contributed by atoms with Gasteiger partial charge in [0.2, 0.25) is 0 Å². The topological polar surface area (TPSA) is 3.24 Å². The fourth-order valence-corrected chi connectivity index (χ4v) is 3.99. The van der Waals surface area contributed by atoms with Crippen molar-refractivity contribution in [2.75, 3.05) is 19.6 Å². The molecule has 0 radical (unpaired) electrons. The standard InChI is InChI=1S/C15H25NS/c1-3-8-16(9-4-2)12-13-5-6-14-7-10-17-15(14)11-13/h7,10,13H,3-6,8-9,11-12H2,1-2H3/t13-/m0/s1. The molecule has 1 aromatic rings. The summed E-state index contributed by atoms with van der Waals surface area (Å²) in [5, 5.41) is 2.27. The lowest BCUT2D eigenvalue weighted by molar-refractivity contribution is 0.220. The van der Waals surface area contributed by atoms with Gasteiger partial charge < -0.3 is 4.90 Å². The Bertz CT molecular complexity index is 325. The average molecular weight is 251 g/mol. The Kier molecular flexibility index (Phi) is 5.05. The molecule has 0 unspecified atom stereocenters. The molecule has 0 spiro atoms. The van der Waals surface area contributed by atoms with E-state index in [-0.39, 0.29) is 0 Å². The molecule has 1 heterocycles. The lowest BCUT2D eigenvalue weighted by Crippen LogP contribution is -2.33. The molecule has 0 aromatic carbocycles. The zero-order chi connectivity index (χ0) is 12.1. The van der Waals surface area contributed by atoms with Crippen LogP contribution in [0.2, 0.25) is 0 Å². The van der Waals surface area contributed by atoms with Crippen molar-refractivity contribution in [1.82, 2.24) is 4.90 Å². The Morgan fingerprint density at radius 1 is 1.29 bits per heavy atom. The normalized spacial score (nSPS) is 19.6. The van der Waals surface area contributed by atoms with E-state index in [1.165, 1.54) is 51.7 Å². The number of nitrogens with zero attached hydrogens (tertiary/aromatic N) is 1. The maximum Gasteiger partial charge on any atom is 0.00804 e. The van der Waals surface area contributed by atoms with Gasteiger partial charge in [0.15, 0.2) is 0 Å². The first-order valence-corrected chi connectivity index (χ1v) is 7.99. The van der Waals surface area contributed by atoms with E-state index in [0.29, 0.717) is 0 Å². The smallest absolute Gasteiger partial charge is 0.00804 e. The molecule has 1 aromatic heterocycles. The fraction of sp³-hybridized carbons (Fsp3) is 0.733. The Morgan fingerprint density at radius 3 is 2.76 bits per heavy atom.